The van der Waals surface area contributed by atoms with E-state index in [0.29, 0.717) is 5.92 Å². The molecule has 0 aliphatic heterocycles. The minimum absolute atomic E-state index is 0.00776. The smallest absolute Gasteiger partial charge is 0.252 e. The lowest BCUT2D eigenvalue weighted by Crippen LogP contribution is -2.29. The fourth-order valence-electron chi connectivity index (χ4n) is 4.20. The molecule has 0 heterocycles. The summed E-state index contributed by atoms with van der Waals surface area (Å²) in [5.41, 5.74) is 6.90. The third-order valence-corrected chi connectivity index (χ3v) is 5.93. The van der Waals surface area contributed by atoms with Crippen molar-refractivity contribution in [2.75, 3.05) is 7.11 Å². The Kier molecular flexibility index (Phi) is 6.43. The topological polar surface area (TPSA) is 38.3 Å². The van der Waals surface area contributed by atoms with Crippen LogP contribution in [0.15, 0.2) is 30.3 Å². The van der Waals surface area contributed by atoms with Crippen molar-refractivity contribution < 1.29 is 9.53 Å². The van der Waals surface area contributed by atoms with E-state index in [0.717, 1.165) is 35.3 Å². The molecule has 0 bridgehead atoms. The summed E-state index contributed by atoms with van der Waals surface area (Å²) in [5.74, 6) is 1.14. The Morgan fingerprint density at radius 3 is 2.46 bits per heavy atom. The zero-order valence-corrected chi connectivity index (χ0v) is 17.9. The van der Waals surface area contributed by atoms with Crippen LogP contribution in [0, 0.1) is 6.92 Å². The molecule has 3 nitrogen and oxygen atoms in total. The molecule has 150 valence electrons. The average Bonchev–Trinajstić information content (AvgIpc) is 2.70. The molecular formula is C25H33NO2. The number of aryl methyl sites for hydroxylation is 3. The maximum absolute atomic E-state index is 13.1. The minimum Gasteiger partial charge on any atom is -0.496 e. The number of hydrogen-bond acceptors (Lipinski definition) is 2. The van der Waals surface area contributed by atoms with Gasteiger partial charge in [0.25, 0.3) is 5.91 Å². The van der Waals surface area contributed by atoms with E-state index in [9.17, 15) is 4.79 Å². The first-order valence-corrected chi connectivity index (χ1v) is 10.6. The predicted molar refractivity (Wildman–Crippen MR) is 115 cm³/mol. The molecule has 0 saturated heterocycles. The highest BCUT2D eigenvalue weighted by atomic mass is 16.5. The van der Waals surface area contributed by atoms with E-state index in [1.54, 1.807) is 7.11 Å². The molecule has 1 aliphatic rings. The molecule has 0 aromatic heterocycles. The van der Waals surface area contributed by atoms with Gasteiger partial charge in [-0.15, -0.1) is 0 Å². The maximum atomic E-state index is 13.1. The van der Waals surface area contributed by atoms with Crippen molar-refractivity contribution in [1.82, 2.24) is 5.32 Å². The Morgan fingerprint density at radius 1 is 1.11 bits per heavy atom. The van der Waals surface area contributed by atoms with E-state index in [1.165, 1.54) is 36.0 Å². The summed E-state index contributed by atoms with van der Waals surface area (Å²) in [5, 5.41) is 3.27. The molecule has 28 heavy (non-hydrogen) atoms. The normalized spacial score (nSPS) is 14.5. The summed E-state index contributed by atoms with van der Waals surface area (Å²) in [4.78, 5) is 13.1. The monoisotopic (exact) mass is 379 g/mol. The molecule has 1 amide bonds. The highest BCUT2D eigenvalue weighted by Gasteiger charge is 2.20. The van der Waals surface area contributed by atoms with Gasteiger partial charge in [0.05, 0.1) is 13.2 Å². The number of rotatable bonds is 6. The first kappa shape index (κ1) is 20.4. The summed E-state index contributed by atoms with van der Waals surface area (Å²) < 4.78 is 5.51. The van der Waals surface area contributed by atoms with Gasteiger partial charge in [0.1, 0.15) is 5.75 Å². The first-order valence-electron chi connectivity index (χ1n) is 10.6. The molecule has 0 fully saturated rings. The molecular weight excluding hydrogens is 346 g/mol. The lowest BCUT2D eigenvalue weighted by atomic mass is 9.88. The van der Waals surface area contributed by atoms with Crippen molar-refractivity contribution in [2.45, 2.75) is 71.8 Å². The maximum Gasteiger partial charge on any atom is 0.252 e. The number of methoxy groups -OCH3 is 1. The number of carbonyl (C=O) groups is 1. The van der Waals surface area contributed by atoms with E-state index in [2.05, 4.69) is 44.3 Å². The van der Waals surface area contributed by atoms with E-state index in [1.807, 2.05) is 19.1 Å². The number of benzene rings is 2. The van der Waals surface area contributed by atoms with Gasteiger partial charge >= 0.3 is 0 Å². The third kappa shape index (κ3) is 4.24. The molecule has 1 atom stereocenters. The average molecular weight is 380 g/mol. The Bertz CT molecular complexity index is 854. The minimum atomic E-state index is -0.00776. The molecule has 3 heteroatoms. The van der Waals surface area contributed by atoms with Gasteiger partial charge in [-0.1, -0.05) is 39.0 Å². The van der Waals surface area contributed by atoms with Crippen molar-refractivity contribution >= 4 is 5.91 Å². The number of ether oxygens (including phenoxy) is 1. The van der Waals surface area contributed by atoms with E-state index >= 15 is 0 Å². The summed E-state index contributed by atoms with van der Waals surface area (Å²) in [7, 11) is 1.68. The Hall–Kier alpha value is -2.29. The van der Waals surface area contributed by atoms with Gasteiger partial charge in [0, 0.05) is 5.56 Å². The van der Waals surface area contributed by atoms with Gasteiger partial charge in [-0.25, -0.2) is 0 Å². The number of carbonyl (C=O) groups excluding carboxylic acids is 1. The van der Waals surface area contributed by atoms with Crippen molar-refractivity contribution in [3.05, 3.63) is 63.7 Å². The van der Waals surface area contributed by atoms with Crippen LogP contribution in [0.5, 0.6) is 5.75 Å². The van der Waals surface area contributed by atoms with Crippen molar-refractivity contribution in [2.24, 2.45) is 0 Å². The second-order valence-electron chi connectivity index (χ2n) is 8.23. The first-order chi connectivity index (χ1) is 13.4. The fourth-order valence-corrected chi connectivity index (χ4v) is 4.20. The number of fused-ring (bicyclic) bond motifs is 1. The van der Waals surface area contributed by atoms with Gasteiger partial charge in [-0.2, -0.15) is 0 Å². The summed E-state index contributed by atoms with van der Waals surface area (Å²) in [6.45, 7) is 8.35. The Morgan fingerprint density at radius 2 is 1.82 bits per heavy atom. The number of amides is 1. The van der Waals surface area contributed by atoms with Crippen molar-refractivity contribution in [3.8, 4) is 5.75 Å². The second-order valence-corrected chi connectivity index (χ2v) is 8.23. The lowest BCUT2D eigenvalue weighted by molar-refractivity contribution is 0.0935. The molecule has 2 aromatic rings. The molecule has 0 unspecified atom stereocenters. The van der Waals surface area contributed by atoms with Crippen LogP contribution in [0.25, 0.3) is 0 Å². The summed E-state index contributed by atoms with van der Waals surface area (Å²) in [6, 6.07) is 10.8. The van der Waals surface area contributed by atoms with Crippen LogP contribution >= 0.6 is 0 Å². The van der Waals surface area contributed by atoms with Gasteiger partial charge in [0.15, 0.2) is 0 Å². The summed E-state index contributed by atoms with van der Waals surface area (Å²) >= 11 is 0. The van der Waals surface area contributed by atoms with Crippen molar-refractivity contribution in [3.63, 3.8) is 0 Å². The zero-order chi connectivity index (χ0) is 20.3. The Labute approximate surface area is 169 Å². The largest absolute Gasteiger partial charge is 0.496 e. The third-order valence-electron chi connectivity index (χ3n) is 5.93. The van der Waals surface area contributed by atoms with Gasteiger partial charge in [0.2, 0.25) is 0 Å². The van der Waals surface area contributed by atoms with E-state index < -0.39 is 0 Å². The molecule has 0 saturated carbocycles. The molecule has 1 aliphatic carbocycles. The lowest BCUT2D eigenvalue weighted by Gasteiger charge is -2.22. The molecule has 0 spiro atoms. The van der Waals surface area contributed by atoms with E-state index in [-0.39, 0.29) is 11.9 Å². The Balaban J connectivity index is 1.85. The quantitative estimate of drug-likeness (QED) is 0.680. The van der Waals surface area contributed by atoms with E-state index in [4.69, 9.17) is 4.74 Å². The van der Waals surface area contributed by atoms with Gasteiger partial charge in [-0.3, -0.25) is 4.79 Å². The van der Waals surface area contributed by atoms with Crippen LogP contribution in [0.4, 0.5) is 0 Å². The predicted octanol–water partition coefficient (Wildman–Crippen LogP) is 5.89. The highest BCUT2D eigenvalue weighted by Crippen LogP contribution is 2.30. The van der Waals surface area contributed by atoms with Crippen LogP contribution in [-0.2, 0) is 12.8 Å². The highest BCUT2D eigenvalue weighted by molar-refractivity contribution is 5.96. The SMILES string of the molecule is CC[C@@H](NC(=O)c1cc(C(C)C)c(OC)cc1C)c1ccc2c(c1)CCCC2. The van der Waals surface area contributed by atoms with Crippen LogP contribution in [0.2, 0.25) is 0 Å². The van der Waals surface area contributed by atoms with Crippen LogP contribution < -0.4 is 10.1 Å². The zero-order valence-electron chi connectivity index (χ0n) is 17.9. The number of hydrogen-bond donors (Lipinski definition) is 1. The van der Waals surface area contributed by atoms with Crippen LogP contribution in [0.1, 0.15) is 90.2 Å². The number of nitrogens with one attached hydrogen (secondary N) is 1. The second kappa shape index (κ2) is 8.81. The van der Waals surface area contributed by atoms with Crippen molar-refractivity contribution in [1.29, 1.82) is 0 Å². The molecule has 2 aromatic carbocycles. The van der Waals surface area contributed by atoms with Crippen LogP contribution in [-0.4, -0.2) is 13.0 Å². The van der Waals surface area contributed by atoms with Gasteiger partial charge in [-0.05, 0) is 84.9 Å². The molecule has 1 N–H and O–H groups in total. The fraction of sp³-hybridized carbons (Fsp3) is 0.480. The van der Waals surface area contributed by atoms with Gasteiger partial charge < -0.3 is 10.1 Å². The standard InChI is InChI=1S/C25H33NO2/c1-6-23(20-12-11-18-9-7-8-10-19(18)14-20)26-25(27)22-15-21(16(2)3)24(28-5)13-17(22)4/h11-16,23H,6-10H2,1-5H3,(H,26,27)/t23-/m1/s1. The molecule has 0 radical (unpaired) electrons. The summed E-state index contributed by atoms with van der Waals surface area (Å²) in [6.07, 6.45) is 5.76. The molecule has 3 rings (SSSR count). The van der Waals surface area contributed by atoms with Crippen LogP contribution in [0.3, 0.4) is 0 Å².